The number of nitrogens with zero attached hydrogens (tertiary/aromatic N) is 3. The van der Waals surface area contributed by atoms with Crippen LogP contribution in [0, 0.1) is 0 Å². The molecule has 0 saturated heterocycles. The summed E-state index contributed by atoms with van der Waals surface area (Å²) >= 11 is 11.9. The molecular weight excluding hydrogens is 295 g/mol. The molecule has 106 valence electrons. The topological polar surface area (TPSA) is 42.7 Å². The second-order valence-corrected chi connectivity index (χ2v) is 5.79. The molecule has 0 atom stereocenters. The van der Waals surface area contributed by atoms with Crippen LogP contribution in [0.5, 0.6) is 0 Å². The fraction of sp³-hybridized carbons (Fsp3) is 0.429. The van der Waals surface area contributed by atoms with Gasteiger partial charge >= 0.3 is 0 Å². The van der Waals surface area contributed by atoms with Crippen LogP contribution in [-0.2, 0) is 19.5 Å². The standard InChI is InChI=1S/C14H16Cl2N4/c15-11-6-5-10(8-12(11)16)17-9-14-19-18-13-4-2-1-3-7-20(13)14/h5-6,8,17H,1-4,7,9H2. The monoisotopic (exact) mass is 310 g/mol. The number of aromatic nitrogens is 3. The third-order valence-corrected chi connectivity index (χ3v) is 4.30. The number of halogens is 2. The highest BCUT2D eigenvalue weighted by Gasteiger charge is 2.14. The molecule has 1 aromatic carbocycles. The van der Waals surface area contributed by atoms with E-state index in [1.807, 2.05) is 12.1 Å². The van der Waals surface area contributed by atoms with Gasteiger partial charge in [-0.15, -0.1) is 10.2 Å². The van der Waals surface area contributed by atoms with E-state index in [4.69, 9.17) is 23.2 Å². The van der Waals surface area contributed by atoms with Crippen LogP contribution in [0.3, 0.4) is 0 Å². The van der Waals surface area contributed by atoms with Crippen molar-refractivity contribution in [2.45, 2.75) is 38.8 Å². The van der Waals surface area contributed by atoms with Gasteiger partial charge in [0.05, 0.1) is 16.6 Å². The van der Waals surface area contributed by atoms with E-state index in [0.717, 1.165) is 30.3 Å². The molecule has 0 aliphatic carbocycles. The van der Waals surface area contributed by atoms with Gasteiger partial charge in [0, 0.05) is 18.7 Å². The summed E-state index contributed by atoms with van der Waals surface area (Å²) in [6, 6.07) is 5.52. The van der Waals surface area contributed by atoms with E-state index in [1.54, 1.807) is 6.07 Å². The molecule has 2 heterocycles. The Hall–Kier alpha value is -1.26. The third-order valence-electron chi connectivity index (χ3n) is 3.56. The molecule has 6 heteroatoms. The smallest absolute Gasteiger partial charge is 0.152 e. The number of fused-ring (bicyclic) bond motifs is 1. The lowest BCUT2D eigenvalue weighted by atomic mass is 10.2. The van der Waals surface area contributed by atoms with Crippen LogP contribution in [0.15, 0.2) is 18.2 Å². The van der Waals surface area contributed by atoms with Gasteiger partial charge in [-0.25, -0.2) is 0 Å². The second kappa shape index (κ2) is 6.02. The molecule has 0 fully saturated rings. The van der Waals surface area contributed by atoms with Crippen LogP contribution in [0.2, 0.25) is 10.0 Å². The molecule has 1 aliphatic heterocycles. The van der Waals surface area contributed by atoms with Gasteiger partial charge in [0.2, 0.25) is 0 Å². The second-order valence-electron chi connectivity index (χ2n) is 4.98. The first kappa shape index (κ1) is 13.7. The highest BCUT2D eigenvalue weighted by Crippen LogP contribution is 2.25. The van der Waals surface area contributed by atoms with Gasteiger partial charge in [-0.1, -0.05) is 29.6 Å². The molecule has 0 unspecified atom stereocenters. The molecule has 0 saturated carbocycles. The summed E-state index contributed by atoms with van der Waals surface area (Å²) < 4.78 is 2.23. The van der Waals surface area contributed by atoms with Crippen LogP contribution < -0.4 is 5.32 Å². The minimum atomic E-state index is 0.553. The molecular formula is C14H16Cl2N4. The number of hydrogen-bond donors (Lipinski definition) is 1. The van der Waals surface area contributed by atoms with Crippen LogP contribution in [0.4, 0.5) is 5.69 Å². The predicted octanol–water partition coefficient (Wildman–Crippen LogP) is 3.92. The van der Waals surface area contributed by atoms with E-state index in [0.29, 0.717) is 16.6 Å². The van der Waals surface area contributed by atoms with Crippen LogP contribution in [0.1, 0.15) is 30.9 Å². The summed E-state index contributed by atoms with van der Waals surface area (Å²) in [7, 11) is 0. The normalized spacial score (nSPS) is 14.7. The number of nitrogens with one attached hydrogen (secondary N) is 1. The average molecular weight is 311 g/mol. The maximum atomic E-state index is 6.01. The van der Waals surface area contributed by atoms with Crippen molar-refractivity contribution in [3.8, 4) is 0 Å². The summed E-state index contributed by atoms with van der Waals surface area (Å²) in [5.74, 6) is 2.08. The quantitative estimate of drug-likeness (QED) is 0.934. The Labute approximate surface area is 128 Å². The van der Waals surface area contributed by atoms with Gasteiger partial charge in [-0.3, -0.25) is 0 Å². The van der Waals surface area contributed by atoms with Crippen LogP contribution in [0.25, 0.3) is 0 Å². The summed E-state index contributed by atoms with van der Waals surface area (Å²) in [6.45, 7) is 1.66. The van der Waals surface area contributed by atoms with Crippen molar-refractivity contribution in [2.24, 2.45) is 0 Å². The van der Waals surface area contributed by atoms with Crippen molar-refractivity contribution in [3.05, 3.63) is 39.9 Å². The number of benzene rings is 1. The fourth-order valence-corrected chi connectivity index (χ4v) is 2.76. The Morgan fingerprint density at radius 1 is 1.10 bits per heavy atom. The molecule has 0 bridgehead atoms. The molecule has 2 aromatic rings. The molecule has 4 nitrogen and oxygen atoms in total. The van der Waals surface area contributed by atoms with Crippen molar-refractivity contribution in [1.82, 2.24) is 14.8 Å². The van der Waals surface area contributed by atoms with Gasteiger partial charge in [-0.05, 0) is 31.0 Å². The number of aryl methyl sites for hydroxylation is 1. The molecule has 1 aromatic heterocycles. The first-order valence-corrected chi connectivity index (χ1v) is 7.59. The fourth-order valence-electron chi connectivity index (χ4n) is 2.46. The van der Waals surface area contributed by atoms with Crippen molar-refractivity contribution >= 4 is 28.9 Å². The zero-order chi connectivity index (χ0) is 13.9. The largest absolute Gasteiger partial charge is 0.378 e. The molecule has 0 radical (unpaired) electrons. The van der Waals surface area contributed by atoms with Gasteiger partial charge < -0.3 is 9.88 Å². The molecule has 1 N–H and O–H groups in total. The lowest BCUT2D eigenvalue weighted by Gasteiger charge is -2.09. The SMILES string of the molecule is Clc1ccc(NCc2nnc3n2CCCCC3)cc1Cl. The Balaban J connectivity index is 1.72. The molecule has 0 amide bonds. The molecule has 1 aliphatic rings. The van der Waals surface area contributed by atoms with Crippen LogP contribution >= 0.6 is 23.2 Å². The lowest BCUT2D eigenvalue weighted by molar-refractivity contribution is 0.610. The number of hydrogen-bond acceptors (Lipinski definition) is 3. The summed E-state index contributed by atoms with van der Waals surface area (Å²) in [5.41, 5.74) is 0.936. The minimum Gasteiger partial charge on any atom is -0.378 e. The van der Waals surface area contributed by atoms with Crippen LogP contribution in [-0.4, -0.2) is 14.8 Å². The van der Waals surface area contributed by atoms with Gasteiger partial charge in [0.15, 0.2) is 5.82 Å². The number of rotatable bonds is 3. The Bertz CT molecular complexity index is 609. The predicted molar refractivity (Wildman–Crippen MR) is 81.4 cm³/mol. The third kappa shape index (κ3) is 2.91. The van der Waals surface area contributed by atoms with Crippen molar-refractivity contribution in [2.75, 3.05) is 5.32 Å². The number of anilines is 1. The van der Waals surface area contributed by atoms with E-state index in [9.17, 15) is 0 Å². The first-order valence-electron chi connectivity index (χ1n) is 6.84. The van der Waals surface area contributed by atoms with E-state index in [2.05, 4.69) is 20.1 Å². The Morgan fingerprint density at radius 3 is 2.85 bits per heavy atom. The van der Waals surface area contributed by atoms with Crippen molar-refractivity contribution < 1.29 is 0 Å². The maximum absolute atomic E-state index is 6.01. The zero-order valence-electron chi connectivity index (χ0n) is 11.1. The van der Waals surface area contributed by atoms with Gasteiger partial charge in [0.25, 0.3) is 0 Å². The average Bonchev–Trinajstić information content (AvgIpc) is 2.68. The Morgan fingerprint density at radius 2 is 2.00 bits per heavy atom. The van der Waals surface area contributed by atoms with Crippen molar-refractivity contribution in [3.63, 3.8) is 0 Å². The minimum absolute atomic E-state index is 0.553. The van der Waals surface area contributed by atoms with E-state index in [1.165, 1.54) is 19.3 Å². The van der Waals surface area contributed by atoms with E-state index >= 15 is 0 Å². The summed E-state index contributed by atoms with van der Waals surface area (Å²) in [5, 5.41) is 13.0. The highest BCUT2D eigenvalue weighted by molar-refractivity contribution is 6.42. The van der Waals surface area contributed by atoms with Gasteiger partial charge in [0.1, 0.15) is 5.82 Å². The lowest BCUT2D eigenvalue weighted by Crippen LogP contribution is -2.10. The summed E-state index contributed by atoms with van der Waals surface area (Å²) in [4.78, 5) is 0. The van der Waals surface area contributed by atoms with Gasteiger partial charge in [-0.2, -0.15) is 0 Å². The summed E-state index contributed by atoms with van der Waals surface area (Å²) in [6.07, 6.45) is 4.70. The van der Waals surface area contributed by atoms with Crippen molar-refractivity contribution in [1.29, 1.82) is 0 Å². The zero-order valence-corrected chi connectivity index (χ0v) is 12.6. The molecule has 3 rings (SSSR count). The first-order chi connectivity index (χ1) is 9.74. The van der Waals surface area contributed by atoms with E-state index in [-0.39, 0.29) is 0 Å². The molecule has 0 spiro atoms. The van der Waals surface area contributed by atoms with E-state index < -0.39 is 0 Å². The maximum Gasteiger partial charge on any atom is 0.152 e. The highest BCUT2D eigenvalue weighted by atomic mass is 35.5. The Kier molecular flexibility index (Phi) is 4.13. The molecule has 20 heavy (non-hydrogen) atoms.